The maximum Gasteiger partial charge on any atom is 0.395 e. The zero-order valence-electron chi connectivity index (χ0n) is 18.1. The number of carbonyl (C=O) groups is 1. The first-order valence-electron chi connectivity index (χ1n) is 10.00. The van der Waals surface area contributed by atoms with Gasteiger partial charge in [-0.05, 0) is 35.9 Å². The summed E-state index contributed by atoms with van der Waals surface area (Å²) in [6, 6.07) is 9.85. The number of nitrogens with one attached hydrogen (secondary N) is 2. The molecule has 1 aromatic heterocycles. The monoisotopic (exact) mass is 482 g/mol. The van der Waals surface area contributed by atoms with Gasteiger partial charge in [-0.3, -0.25) is 19.7 Å². The van der Waals surface area contributed by atoms with Crippen molar-refractivity contribution in [3.63, 3.8) is 0 Å². The summed E-state index contributed by atoms with van der Waals surface area (Å²) in [7, 11) is 1.43. The van der Waals surface area contributed by atoms with Crippen molar-refractivity contribution in [2.75, 3.05) is 25.8 Å². The van der Waals surface area contributed by atoms with Crippen molar-refractivity contribution < 1.29 is 33.8 Å². The van der Waals surface area contributed by atoms with Crippen LogP contribution in [0.25, 0.3) is 12.2 Å². The van der Waals surface area contributed by atoms with Gasteiger partial charge in [-0.15, -0.1) is 0 Å². The number of aromatic nitrogens is 2. The van der Waals surface area contributed by atoms with Crippen LogP contribution in [-0.4, -0.2) is 46.4 Å². The number of carbonyl (C=O) groups excluding carboxylic acids is 1. The zero-order chi connectivity index (χ0) is 24.9. The predicted molar refractivity (Wildman–Crippen MR) is 122 cm³/mol. The third-order valence-corrected chi connectivity index (χ3v) is 4.71. The fourth-order valence-corrected chi connectivity index (χ4v) is 3.11. The SMILES string of the molecule is COc1cc(/C=C/c2nc(O)c([N+](=O)[O-])c(=O)[nH]2)ccc1OCC(=O)Nc1ccc2c(c1)OCO2. The zero-order valence-corrected chi connectivity index (χ0v) is 18.1. The van der Waals surface area contributed by atoms with Crippen LogP contribution in [0, 0.1) is 10.1 Å². The molecule has 13 heteroatoms. The number of hydrogen-bond donors (Lipinski definition) is 3. The highest BCUT2D eigenvalue weighted by molar-refractivity contribution is 5.92. The van der Waals surface area contributed by atoms with Gasteiger partial charge in [0, 0.05) is 11.8 Å². The van der Waals surface area contributed by atoms with Crippen LogP contribution in [-0.2, 0) is 4.79 Å². The number of methoxy groups -OCH3 is 1. The Balaban J connectivity index is 1.40. The lowest BCUT2D eigenvalue weighted by Crippen LogP contribution is -2.20. The average Bonchev–Trinajstić information content (AvgIpc) is 3.29. The summed E-state index contributed by atoms with van der Waals surface area (Å²) < 4.78 is 21.4. The molecule has 1 amide bonds. The normalized spacial score (nSPS) is 11.9. The minimum absolute atomic E-state index is 0.0856. The van der Waals surface area contributed by atoms with Gasteiger partial charge in [0.05, 0.1) is 12.0 Å². The summed E-state index contributed by atoms with van der Waals surface area (Å²) in [5.74, 6) is 0.308. The topological polar surface area (TPSA) is 175 Å². The van der Waals surface area contributed by atoms with E-state index in [1.165, 1.54) is 19.3 Å². The lowest BCUT2D eigenvalue weighted by molar-refractivity contribution is -0.387. The molecule has 0 saturated carbocycles. The molecule has 2 aromatic carbocycles. The molecule has 0 unspecified atom stereocenters. The Hall–Kier alpha value is -5.07. The Morgan fingerprint density at radius 2 is 2.03 bits per heavy atom. The van der Waals surface area contributed by atoms with Crippen LogP contribution in [0.3, 0.4) is 0 Å². The van der Waals surface area contributed by atoms with E-state index in [1.54, 1.807) is 36.4 Å². The maximum atomic E-state index is 12.3. The van der Waals surface area contributed by atoms with E-state index in [0.717, 1.165) is 0 Å². The van der Waals surface area contributed by atoms with E-state index in [2.05, 4.69) is 15.3 Å². The number of anilines is 1. The van der Waals surface area contributed by atoms with Gasteiger partial charge in [0.25, 0.3) is 11.8 Å². The highest BCUT2D eigenvalue weighted by Crippen LogP contribution is 2.34. The van der Waals surface area contributed by atoms with Gasteiger partial charge in [-0.2, -0.15) is 4.98 Å². The molecule has 1 aliphatic rings. The van der Waals surface area contributed by atoms with E-state index < -0.39 is 28.0 Å². The van der Waals surface area contributed by atoms with Crippen molar-refractivity contribution in [2.24, 2.45) is 0 Å². The third-order valence-electron chi connectivity index (χ3n) is 4.71. The third kappa shape index (κ3) is 5.30. The Morgan fingerprint density at radius 1 is 1.23 bits per heavy atom. The van der Waals surface area contributed by atoms with Crippen LogP contribution in [0.2, 0.25) is 0 Å². The van der Waals surface area contributed by atoms with E-state index in [1.807, 2.05) is 0 Å². The molecule has 13 nitrogen and oxygen atoms in total. The number of H-pyrrole nitrogens is 1. The van der Waals surface area contributed by atoms with Crippen LogP contribution >= 0.6 is 0 Å². The quantitative estimate of drug-likeness (QED) is 0.319. The molecular weight excluding hydrogens is 464 g/mol. The summed E-state index contributed by atoms with van der Waals surface area (Å²) >= 11 is 0. The number of aromatic hydroxyl groups is 1. The number of nitrogens with zero attached hydrogens (tertiary/aromatic N) is 2. The number of fused-ring (bicyclic) bond motifs is 1. The average molecular weight is 482 g/mol. The highest BCUT2D eigenvalue weighted by atomic mass is 16.7. The number of benzene rings is 2. The smallest absolute Gasteiger partial charge is 0.395 e. The second-order valence-electron chi connectivity index (χ2n) is 7.03. The fourth-order valence-electron chi connectivity index (χ4n) is 3.11. The number of aromatic amines is 1. The maximum absolute atomic E-state index is 12.3. The minimum atomic E-state index is -1.08. The molecule has 1 aliphatic heterocycles. The van der Waals surface area contributed by atoms with Gasteiger partial charge in [0.1, 0.15) is 5.82 Å². The lowest BCUT2D eigenvalue weighted by atomic mass is 10.2. The van der Waals surface area contributed by atoms with Crippen molar-refractivity contribution in [3.8, 4) is 28.9 Å². The number of rotatable bonds is 8. The second-order valence-corrected chi connectivity index (χ2v) is 7.03. The molecule has 4 rings (SSSR count). The molecule has 0 spiro atoms. The molecule has 0 bridgehead atoms. The first-order chi connectivity index (χ1) is 16.8. The van der Waals surface area contributed by atoms with Crippen LogP contribution < -0.4 is 29.8 Å². The highest BCUT2D eigenvalue weighted by Gasteiger charge is 2.21. The Kier molecular flexibility index (Phi) is 6.48. The van der Waals surface area contributed by atoms with E-state index in [0.29, 0.717) is 34.2 Å². The number of nitro groups is 1. The van der Waals surface area contributed by atoms with Crippen LogP contribution in [0.15, 0.2) is 41.2 Å². The summed E-state index contributed by atoms with van der Waals surface area (Å²) in [6.45, 7) is -0.154. The molecule has 0 fully saturated rings. The van der Waals surface area contributed by atoms with Crippen molar-refractivity contribution >= 4 is 29.4 Å². The lowest BCUT2D eigenvalue weighted by Gasteiger charge is -2.12. The number of amides is 1. The summed E-state index contributed by atoms with van der Waals surface area (Å²) in [5.41, 5.74) is -0.992. The first kappa shape index (κ1) is 23.1. The van der Waals surface area contributed by atoms with E-state index in [4.69, 9.17) is 18.9 Å². The molecule has 3 aromatic rings. The van der Waals surface area contributed by atoms with Gasteiger partial charge in [0.2, 0.25) is 6.79 Å². The molecular formula is C22H18N4O9. The summed E-state index contributed by atoms with van der Waals surface area (Å²) in [6.07, 6.45) is 2.88. The van der Waals surface area contributed by atoms with Gasteiger partial charge in [-0.1, -0.05) is 12.1 Å². The Labute approximate surface area is 196 Å². The van der Waals surface area contributed by atoms with Crippen molar-refractivity contribution in [1.82, 2.24) is 9.97 Å². The molecule has 0 atom stereocenters. The Morgan fingerprint density at radius 3 is 2.77 bits per heavy atom. The van der Waals surface area contributed by atoms with E-state index in [-0.39, 0.29) is 19.2 Å². The van der Waals surface area contributed by atoms with Crippen molar-refractivity contribution in [3.05, 3.63) is 68.3 Å². The van der Waals surface area contributed by atoms with Gasteiger partial charge in [-0.25, -0.2) is 0 Å². The summed E-state index contributed by atoms with van der Waals surface area (Å²) in [5, 5.41) is 23.1. The summed E-state index contributed by atoms with van der Waals surface area (Å²) in [4.78, 5) is 39.6. The van der Waals surface area contributed by atoms with E-state index >= 15 is 0 Å². The Bertz CT molecular complexity index is 1380. The molecule has 180 valence electrons. The number of hydrogen-bond acceptors (Lipinski definition) is 10. The van der Waals surface area contributed by atoms with Gasteiger partial charge < -0.3 is 34.4 Å². The minimum Gasteiger partial charge on any atom is -0.493 e. The molecule has 0 aliphatic carbocycles. The second kappa shape index (κ2) is 9.82. The van der Waals surface area contributed by atoms with Crippen molar-refractivity contribution in [1.29, 1.82) is 0 Å². The molecule has 35 heavy (non-hydrogen) atoms. The van der Waals surface area contributed by atoms with Crippen LogP contribution in [0.4, 0.5) is 11.4 Å². The fraction of sp³-hybridized carbons (Fsp3) is 0.136. The van der Waals surface area contributed by atoms with Crippen LogP contribution in [0.1, 0.15) is 11.4 Å². The van der Waals surface area contributed by atoms with Crippen LogP contribution in [0.5, 0.6) is 28.9 Å². The molecule has 2 heterocycles. The standard InChI is InChI=1S/C22H18N4O9/c1-32-16-8-12(3-7-18-24-21(28)20(26(30)31)22(29)25-18)2-5-14(16)33-10-19(27)23-13-4-6-15-17(9-13)35-11-34-15/h2-9H,10-11H2,1H3,(H,23,27)(H2,24,25,28,29)/b7-3+. The first-order valence-corrected chi connectivity index (χ1v) is 10.00. The molecule has 0 radical (unpaired) electrons. The molecule has 3 N–H and O–H groups in total. The van der Waals surface area contributed by atoms with Gasteiger partial charge >= 0.3 is 11.2 Å². The van der Waals surface area contributed by atoms with E-state index in [9.17, 15) is 24.8 Å². The predicted octanol–water partition coefficient (Wildman–Crippen LogP) is 2.31. The van der Waals surface area contributed by atoms with Crippen molar-refractivity contribution in [2.45, 2.75) is 0 Å². The van der Waals surface area contributed by atoms with Gasteiger partial charge in [0.15, 0.2) is 29.6 Å². The molecule has 0 saturated heterocycles. The largest absolute Gasteiger partial charge is 0.493 e. The number of ether oxygens (including phenoxy) is 4.